The molecular weight excluding hydrogens is 427 g/mol. The summed E-state index contributed by atoms with van der Waals surface area (Å²) in [5.41, 5.74) is 1.99. The van der Waals surface area contributed by atoms with Gasteiger partial charge < -0.3 is 10.2 Å². The van der Waals surface area contributed by atoms with Crippen molar-refractivity contribution in [2.75, 3.05) is 11.9 Å². The highest BCUT2D eigenvalue weighted by Crippen LogP contribution is 2.26. The normalized spacial score (nSPS) is 11.8. The summed E-state index contributed by atoms with van der Waals surface area (Å²) in [6.07, 6.45) is 0. The molecule has 0 spiro atoms. The Hall–Kier alpha value is -1.56. The van der Waals surface area contributed by atoms with Crippen LogP contribution in [0.4, 0.5) is 5.69 Å². The Morgan fingerprint density at radius 2 is 1.88 bits per heavy atom. The van der Waals surface area contributed by atoms with Gasteiger partial charge in [-0.1, -0.05) is 45.2 Å². The van der Waals surface area contributed by atoms with Crippen LogP contribution in [-0.4, -0.2) is 24.9 Å². The average molecular weight is 444 g/mol. The maximum absolute atomic E-state index is 12.6. The quantitative estimate of drug-likeness (QED) is 0.734. The summed E-state index contributed by atoms with van der Waals surface area (Å²) in [6.45, 7) is 3.57. The zero-order valence-corrected chi connectivity index (χ0v) is 17.0. The molecule has 25 heavy (non-hydrogen) atoms. The zero-order chi connectivity index (χ0) is 18.7. The monoisotopic (exact) mass is 442 g/mol. The standard InChI is InChI=1S/C18H17BrCl2N2O2/c1-10-9-12(7-8-14(10)19)23(3)18(25)11(2)22-17(24)13-5-4-6-15(20)16(13)21/h4-9,11H,1-3H3,(H,22,24). The van der Waals surface area contributed by atoms with E-state index in [-0.39, 0.29) is 21.5 Å². The minimum absolute atomic E-state index is 0.165. The Bertz CT molecular complexity index is 827. The Labute approximate surface area is 165 Å². The number of likely N-dealkylation sites (N-methyl/N-ethyl adjacent to an activating group) is 1. The second-order valence-corrected chi connectivity index (χ2v) is 7.27. The molecule has 0 saturated heterocycles. The number of nitrogens with one attached hydrogen (secondary N) is 1. The van der Waals surface area contributed by atoms with Gasteiger partial charge in [-0.3, -0.25) is 9.59 Å². The van der Waals surface area contributed by atoms with Gasteiger partial charge in [-0.25, -0.2) is 0 Å². The summed E-state index contributed by atoms with van der Waals surface area (Å²) >= 11 is 15.4. The number of carbonyl (C=O) groups excluding carboxylic acids is 2. The highest BCUT2D eigenvalue weighted by molar-refractivity contribution is 9.10. The minimum atomic E-state index is -0.725. The van der Waals surface area contributed by atoms with Crippen molar-refractivity contribution < 1.29 is 9.59 Å². The fourth-order valence-corrected chi connectivity index (χ4v) is 2.90. The number of benzene rings is 2. The fraction of sp³-hybridized carbons (Fsp3) is 0.222. The van der Waals surface area contributed by atoms with E-state index in [1.165, 1.54) is 4.90 Å². The third-order valence-electron chi connectivity index (χ3n) is 3.77. The van der Waals surface area contributed by atoms with E-state index in [0.29, 0.717) is 0 Å². The van der Waals surface area contributed by atoms with Crippen molar-refractivity contribution in [1.29, 1.82) is 0 Å². The van der Waals surface area contributed by atoms with Crippen molar-refractivity contribution in [3.05, 3.63) is 62.0 Å². The smallest absolute Gasteiger partial charge is 0.253 e. The number of hydrogen-bond donors (Lipinski definition) is 1. The molecule has 0 aliphatic rings. The maximum atomic E-state index is 12.6. The number of halogens is 3. The molecule has 7 heteroatoms. The van der Waals surface area contributed by atoms with E-state index in [4.69, 9.17) is 23.2 Å². The van der Waals surface area contributed by atoms with E-state index >= 15 is 0 Å². The van der Waals surface area contributed by atoms with Gasteiger partial charge in [-0.05, 0) is 49.7 Å². The van der Waals surface area contributed by atoms with Gasteiger partial charge in [0.15, 0.2) is 0 Å². The fourth-order valence-electron chi connectivity index (χ4n) is 2.27. The second kappa shape index (κ2) is 8.21. The molecule has 0 bridgehead atoms. The Balaban J connectivity index is 2.12. The van der Waals surface area contributed by atoms with Crippen molar-refractivity contribution in [3.8, 4) is 0 Å². The van der Waals surface area contributed by atoms with Crippen LogP contribution in [0.2, 0.25) is 10.0 Å². The van der Waals surface area contributed by atoms with Gasteiger partial charge in [-0.15, -0.1) is 0 Å². The summed E-state index contributed by atoms with van der Waals surface area (Å²) in [5.74, 6) is -0.693. The first-order valence-electron chi connectivity index (χ1n) is 7.51. The average Bonchev–Trinajstić information content (AvgIpc) is 2.58. The predicted octanol–water partition coefficient (Wildman–Crippen LogP) is 4.85. The van der Waals surface area contributed by atoms with Crippen molar-refractivity contribution in [2.24, 2.45) is 0 Å². The molecule has 4 nitrogen and oxygen atoms in total. The molecular formula is C18H17BrCl2N2O2. The summed E-state index contributed by atoms with van der Waals surface area (Å²) < 4.78 is 0.967. The third-order valence-corrected chi connectivity index (χ3v) is 5.48. The van der Waals surface area contributed by atoms with Crippen LogP contribution >= 0.6 is 39.1 Å². The number of aryl methyl sites for hydroxylation is 1. The number of nitrogens with zero attached hydrogens (tertiary/aromatic N) is 1. The molecule has 2 amide bonds. The predicted molar refractivity (Wildman–Crippen MR) is 106 cm³/mol. The lowest BCUT2D eigenvalue weighted by molar-refractivity contribution is -0.119. The summed E-state index contributed by atoms with van der Waals surface area (Å²) in [4.78, 5) is 26.5. The van der Waals surface area contributed by atoms with Gasteiger partial charge in [0.2, 0.25) is 5.91 Å². The first-order valence-corrected chi connectivity index (χ1v) is 9.06. The molecule has 0 aliphatic heterocycles. The van der Waals surface area contributed by atoms with E-state index in [2.05, 4.69) is 21.2 Å². The van der Waals surface area contributed by atoms with Crippen molar-refractivity contribution in [2.45, 2.75) is 19.9 Å². The van der Waals surface area contributed by atoms with Crippen LogP contribution in [0.15, 0.2) is 40.9 Å². The van der Waals surface area contributed by atoms with Crippen molar-refractivity contribution in [3.63, 3.8) is 0 Å². The number of carbonyl (C=O) groups is 2. The molecule has 0 fully saturated rings. The van der Waals surface area contributed by atoms with Crippen LogP contribution in [0.3, 0.4) is 0 Å². The van der Waals surface area contributed by atoms with Gasteiger partial charge in [-0.2, -0.15) is 0 Å². The number of amides is 2. The SMILES string of the molecule is Cc1cc(N(C)C(=O)C(C)NC(=O)c2cccc(Cl)c2Cl)ccc1Br. The van der Waals surface area contributed by atoms with Gasteiger partial charge in [0.1, 0.15) is 6.04 Å². The molecule has 0 radical (unpaired) electrons. The van der Waals surface area contributed by atoms with Crippen molar-refractivity contribution >= 4 is 56.6 Å². The highest BCUT2D eigenvalue weighted by atomic mass is 79.9. The first kappa shape index (κ1) is 19.8. The topological polar surface area (TPSA) is 49.4 Å². The van der Waals surface area contributed by atoms with Gasteiger partial charge in [0.25, 0.3) is 5.91 Å². The van der Waals surface area contributed by atoms with Gasteiger partial charge >= 0.3 is 0 Å². The molecule has 2 aromatic carbocycles. The van der Waals surface area contributed by atoms with E-state index in [0.717, 1.165) is 15.7 Å². The second-order valence-electron chi connectivity index (χ2n) is 5.63. The number of anilines is 1. The largest absolute Gasteiger partial charge is 0.340 e. The van der Waals surface area contributed by atoms with Crippen LogP contribution in [0, 0.1) is 6.92 Å². The van der Waals surface area contributed by atoms with Gasteiger partial charge in [0.05, 0.1) is 15.6 Å². The Morgan fingerprint density at radius 3 is 2.52 bits per heavy atom. The molecule has 0 heterocycles. The summed E-state index contributed by atoms with van der Waals surface area (Å²) in [5, 5.41) is 3.11. The lowest BCUT2D eigenvalue weighted by atomic mass is 10.1. The molecule has 2 rings (SSSR count). The lowest BCUT2D eigenvalue weighted by Crippen LogP contribution is -2.45. The van der Waals surface area contributed by atoms with Crippen LogP contribution < -0.4 is 10.2 Å². The summed E-state index contributed by atoms with van der Waals surface area (Å²) in [6, 6.07) is 9.66. The van der Waals surface area contributed by atoms with Crippen LogP contribution in [-0.2, 0) is 4.79 Å². The molecule has 0 aliphatic carbocycles. The van der Waals surface area contributed by atoms with E-state index in [1.807, 2.05) is 25.1 Å². The molecule has 0 saturated carbocycles. The molecule has 2 aromatic rings. The zero-order valence-electron chi connectivity index (χ0n) is 13.9. The maximum Gasteiger partial charge on any atom is 0.253 e. The highest BCUT2D eigenvalue weighted by Gasteiger charge is 2.22. The molecule has 1 atom stereocenters. The van der Waals surface area contributed by atoms with Gasteiger partial charge in [0, 0.05) is 17.2 Å². The van der Waals surface area contributed by atoms with Crippen LogP contribution in [0.1, 0.15) is 22.8 Å². The lowest BCUT2D eigenvalue weighted by Gasteiger charge is -2.23. The number of hydrogen-bond acceptors (Lipinski definition) is 2. The molecule has 1 N–H and O–H groups in total. The molecule has 0 aromatic heterocycles. The minimum Gasteiger partial charge on any atom is -0.340 e. The Kier molecular flexibility index (Phi) is 6.49. The van der Waals surface area contributed by atoms with E-state index in [1.54, 1.807) is 32.2 Å². The summed E-state index contributed by atoms with van der Waals surface area (Å²) in [7, 11) is 1.67. The molecule has 1 unspecified atom stereocenters. The number of rotatable bonds is 4. The molecule has 132 valence electrons. The van der Waals surface area contributed by atoms with E-state index < -0.39 is 11.9 Å². The third kappa shape index (κ3) is 4.54. The van der Waals surface area contributed by atoms with Crippen LogP contribution in [0.5, 0.6) is 0 Å². The van der Waals surface area contributed by atoms with E-state index in [9.17, 15) is 9.59 Å². The van der Waals surface area contributed by atoms with Crippen molar-refractivity contribution in [1.82, 2.24) is 5.32 Å². The first-order chi connectivity index (χ1) is 11.7. The van der Waals surface area contributed by atoms with Crippen LogP contribution in [0.25, 0.3) is 0 Å². The Morgan fingerprint density at radius 1 is 1.20 bits per heavy atom.